The number of aromatic nitrogens is 4. The second-order valence-electron chi connectivity index (χ2n) is 7.51. The van der Waals surface area contributed by atoms with Crippen molar-refractivity contribution in [1.82, 2.24) is 19.7 Å². The number of hydrogen-bond acceptors (Lipinski definition) is 7. The summed E-state index contributed by atoms with van der Waals surface area (Å²) in [7, 11) is 0. The van der Waals surface area contributed by atoms with Gasteiger partial charge in [0.1, 0.15) is 11.9 Å². The number of fused-ring (bicyclic) bond motifs is 1. The van der Waals surface area contributed by atoms with Crippen LogP contribution < -0.4 is 10.6 Å². The molecule has 0 saturated carbocycles. The minimum Gasteiger partial charge on any atom is -0.395 e. The zero-order chi connectivity index (χ0) is 20.6. The third-order valence-corrected chi connectivity index (χ3v) is 5.31. The van der Waals surface area contributed by atoms with Crippen LogP contribution in [0.1, 0.15) is 30.7 Å². The molecule has 1 aliphatic rings. The van der Waals surface area contributed by atoms with Gasteiger partial charge in [0.15, 0.2) is 0 Å². The van der Waals surface area contributed by atoms with Gasteiger partial charge in [-0.3, -0.25) is 0 Å². The third-order valence-electron chi connectivity index (χ3n) is 5.31. The summed E-state index contributed by atoms with van der Waals surface area (Å²) in [4.78, 5) is 8.97. The van der Waals surface area contributed by atoms with E-state index in [0.29, 0.717) is 23.8 Å². The van der Waals surface area contributed by atoms with Gasteiger partial charge in [-0.25, -0.2) is 14.6 Å². The van der Waals surface area contributed by atoms with Crippen molar-refractivity contribution < 1.29 is 5.11 Å². The van der Waals surface area contributed by atoms with E-state index in [1.165, 1.54) is 0 Å². The number of nitrogens with zero attached hydrogens (tertiary/aromatic N) is 5. The van der Waals surface area contributed by atoms with E-state index in [1.54, 1.807) is 6.20 Å². The molecule has 0 aliphatic carbocycles. The van der Waals surface area contributed by atoms with Gasteiger partial charge in [0, 0.05) is 36.3 Å². The number of hydrogen-bond donors (Lipinski definition) is 3. The molecule has 0 bridgehead atoms. The van der Waals surface area contributed by atoms with Crippen LogP contribution in [0.15, 0.2) is 30.5 Å². The Morgan fingerprint density at radius 3 is 2.93 bits per heavy atom. The quantitative estimate of drug-likeness (QED) is 0.615. The smallest absolute Gasteiger partial charge is 0.228 e. The maximum atomic E-state index is 9.89. The number of nitriles is 1. The molecule has 8 nitrogen and oxygen atoms in total. The fourth-order valence-electron chi connectivity index (χ4n) is 3.65. The summed E-state index contributed by atoms with van der Waals surface area (Å²) in [6, 6.07) is 9.84. The van der Waals surface area contributed by atoms with Crippen LogP contribution in [-0.4, -0.2) is 38.0 Å². The van der Waals surface area contributed by atoms with Gasteiger partial charge >= 0.3 is 0 Å². The van der Waals surface area contributed by atoms with Crippen LogP contribution in [0.5, 0.6) is 0 Å². The van der Waals surface area contributed by atoms with Gasteiger partial charge in [0.25, 0.3) is 0 Å². The number of aryl methyl sites for hydroxylation is 2. The Balaban J connectivity index is 1.74. The molecule has 1 atom stereocenters. The molecule has 8 heteroatoms. The summed E-state index contributed by atoms with van der Waals surface area (Å²) in [5.41, 5.74) is 4.27. The highest BCUT2D eigenvalue weighted by atomic mass is 16.3. The highest BCUT2D eigenvalue weighted by Gasteiger charge is 2.35. The van der Waals surface area contributed by atoms with Crippen LogP contribution in [0.2, 0.25) is 0 Å². The lowest BCUT2D eigenvalue weighted by molar-refractivity contribution is 0.219. The normalized spacial score (nSPS) is 17.5. The lowest BCUT2D eigenvalue weighted by atomic mass is 9.83. The van der Waals surface area contributed by atoms with Crippen LogP contribution in [0, 0.1) is 18.3 Å². The number of anilines is 3. The molecule has 29 heavy (non-hydrogen) atoms. The van der Waals surface area contributed by atoms with Gasteiger partial charge in [0.2, 0.25) is 5.95 Å². The summed E-state index contributed by atoms with van der Waals surface area (Å²) in [6.45, 7) is 7.27. The Hall–Kier alpha value is -3.44. The van der Waals surface area contributed by atoms with Gasteiger partial charge < -0.3 is 15.7 Å². The predicted molar refractivity (Wildman–Crippen MR) is 111 cm³/mol. The van der Waals surface area contributed by atoms with Crippen molar-refractivity contribution in [3.05, 3.63) is 47.3 Å². The first-order valence-corrected chi connectivity index (χ1v) is 9.55. The molecule has 0 radical (unpaired) electrons. The van der Waals surface area contributed by atoms with Gasteiger partial charge in [-0.15, -0.1) is 0 Å². The average molecular weight is 389 g/mol. The molecule has 1 unspecified atom stereocenters. The van der Waals surface area contributed by atoms with E-state index in [0.717, 1.165) is 34.9 Å². The fraction of sp³-hybridized carbons (Fsp3) is 0.333. The molecular weight excluding hydrogens is 366 g/mol. The Morgan fingerprint density at radius 2 is 2.21 bits per heavy atom. The maximum Gasteiger partial charge on any atom is 0.228 e. The number of benzene rings is 1. The molecule has 0 amide bonds. The first-order chi connectivity index (χ1) is 14.0. The van der Waals surface area contributed by atoms with E-state index in [9.17, 15) is 10.4 Å². The largest absolute Gasteiger partial charge is 0.395 e. The molecule has 0 fully saturated rings. The summed E-state index contributed by atoms with van der Waals surface area (Å²) in [5.74, 6) is 1.28. The Labute approximate surface area is 169 Å². The molecule has 3 heterocycles. The molecule has 4 rings (SSSR count). The first kappa shape index (κ1) is 18.9. The predicted octanol–water partition coefficient (Wildman–Crippen LogP) is 2.96. The monoisotopic (exact) mass is 389 g/mol. The summed E-state index contributed by atoms with van der Waals surface area (Å²) in [5, 5.41) is 30.4. The van der Waals surface area contributed by atoms with E-state index in [-0.39, 0.29) is 6.61 Å². The molecule has 148 valence electrons. The minimum atomic E-state index is -0.434. The summed E-state index contributed by atoms with van der Waals surface area (Å²) < 4.78 is 1.85. The van der Waals surface area contributed by atoms with E-state index in [2.05, 4.69) is 31.8 Å². The molecule has 1 aliphatic heterocycles. The molecular formula is C21H23N7O. The van der Waals surface area contributed by atoms with Crippen LogP contribution in [0.25, 0.3) is 11.3 Å². The third kappa shape index (κ3) is 3.30. The van der Waals surface area contributed by atoms with Crippen LogP contribution in [0.3, 0.4) is 0 Å². The Morgan fingerprint density at radius 1 is 1.38 bits per heavy atom. The lowest BCUT2D eigenvalue weighted by Crippen LogP contribution is -2.28. The van der Waals surface area contributed by atoms with Crippen molar-refractivity contribution in [1.29, 1.82) is 5.26 Å². The van der Waals surface area contributed by atoms with Crippen molar-refractivity contribution in [2.75, 3.05) is 23.8 Å². The molecule has 3 N–H and O–H groups in total. The summed E-state index contributed by atoms with van der Waals surface area (Å²) >= 11 is 0. The highest BCUT2D eigenvalue weighted by molar-refractivity contribution is 5.76. The van der Waals surface area contributed by atoms with Gasteiger partial charge in [0.05, 0.1) is 29.2 Å². The number of rotatable bonds is 5. The van der Waals surface area contributed by atoms with Crippen LogP contribution >= 0.6 is 0 Å². The standard InChI is InChI=1S/C21H23N7O/c1-4-28-18(7-13(2)27-28)26-20-23-6-5-17(25-20)14-8-15(10-22)19-16(9-14)21(3,12-29)11-24-19/h5-9,24,29H,4,11-12H2,1-3H3,(H,23,25,26). The fourth-order valence-corrected chi connectivity index (χ4v) is 3.65. The maximum absolute atomic E-state index is 9.89. The molecule has 0 spiro atoms. The summed E-state index contributed by atoms with van der Waals surface area (Å²) in [6.07, 6.45) is 1.69. The van der Waals surface area contributed by atoms with E-state index >= 15 is 0 Å². The van der Waals surface area contributed by atoms with Gasteiger partial charge in [-0.2, -0.15) is 10.4 Å². The molecule has 3 aromatic rings. The van der Waals surface area contributed by atoms with Gasteiger partial charge in [-0.1, -0.05) is 6.92 Å². The SMILES string of the molecule is CCn1nc(C)cc1Nc1nccc(-c2cc(C#N)c3c(c2)C(C)(CO)CN3)n1. The number of aliphatic hydroxyl groups excluding tert-OH is 1. The highest BCUT2D eigenvalue weighted by Crippen LogP contribution is 2.41. The van der Waals surface area contributed by atoms with Crippen LogP contribution in [-0.2, 0) is 12.0 Å². The van der Waals surface area contributed by atoms with Gasteiger partial charge in [-0.05, 0) is 37.6 Å². The Bertz CT molecular complexity index is 1110. The van der Waals surface area contributed by atoms with Crippen molar-refractivity contribution in [3.63, 3.8) is 0 Å². The van der Waals surface area contributed by atoms with Crippen molar-refractivity contribution >= 4 is 17.5 Å². The number of aliphatic hydroxyl groups is 1. The topological polar surface area (TPSA) is 112 Å². The molecule has 0 saturated heterocycles. The van der Waals surface area contributed by atoms with E-state index in [4.69, 9.17) is 0 Å². The molecule has 1 aromatic carbocycles. The van der Waals surface area contributed by atoms with E-state index < -0.39 is 5.41 Å². The molecule has 2 aromatic heterocycles. The number of nitrogens with one attached hydrogen (secondary N) is 2. The second kappa shape index (κ2) is 7.18. The minimum absolute atomic E-state index is 0.00173. The van der Waals surface area contributed by atoms with E-state index in [1.807, 2.05) is 49.7 Å². The zero-order valence-corrected chi connectivity index (χ0v) is 16.7. The van der Waals surface area contributed by atoms with Crippen molar-refractivity contribution in [2.24, 2.45) is 0 Å². The average Bonchev–Trinajstić information content (AvgIpc) is 3.27. The van der Waals surface area contributed by atoms with Crippen LogP contribution in [0.4, 0.5) is 17.5 Å². The Kier molecular flexibility index (Phi) is 4.68. The lowest BCUT2D eigenvalue weighted by Gasteiger charge is -2.21. The van der Waals surface area contributed by atoms with Crippen molar-refractivity contribution in [3.8, 4) is 17.3 Å². The zero-order valence-electron chi connectivity index (χ0n) is 16.7. The van der Waals surface area contributed by atoms with Crippen molar-refractivity contribution in [2.45, 2.75) is 32.7 Å². The first-order valence-electron chi connectivity index (χ1n) is 9.55. The second-order valence-corrected chi connectivity index (χ2v) is 7.51.